The number of hydrogen-bond donors (Lipinski definition) is 2. The number of carbonyl (C=O) groups is 1. The maximum absolute atomic E-state index is 12.2. The minimum Gasteiger partial charge on any atom is -0.427 e. The molecule has 6 heteroatoms. The molecule has 116 valence electrons. The zero-order valence-corrected chi connectivity index (χ0v) is 12.1. The molecule has 0 bridgehead atoms. The fourth-order valence-electron chi connectivity index (χ4n) is 2.76. The Morgan fingerprint density at radius 1 is 1.45 bits per heavy atom. The van der Waals surface area contributed by atoms with E-state index in [0.717, 1.165) is 19.3 Å². The smallest absolute Gasteiger partial charge is 0.311 e. The van der Waals surface area contributed by atoms with Gasteiger partial charge in [-0.25, -0.2) is 0 Å². The minimum atomic E-state index is -1.78. The molecule has 2 aliphatic rings. The highest BCUT2D eigenvalue weighted by molar-refractivity contribution is 5.72. The van der Waals surface area contributed by atoms with Crippen LogP contribution in [0.5, 0.6) is 0 Å². The van der Waals surface area contributed by atoms with E-state index in [2.05, 4.69) is 6.92 Å². The lowest BCUT2D eigenvalue weighted by atomic mass is 9.99. The van der Waals surface area contributed by atoms with Crippen molar-refractivity contribution in [1.82, 2.24) is 0 Å². The Hall–Kier alpha value is -0.690. The van der Waals surface area contributed by atoms with Gasteiger partial charge in [0.05, 0.1) is 12.5 Å². The van der Waals surface area contributed by atoms with E-state index in [1.165, 1.54) is 0 Å². The number of hydrogen-bond acceptors (Lipinski definition) is 6. The number of rotatable bonds is 6. The molecule has 0 aliphatic carbocycles. The van der Waals surface area contributed by atoms with E-state index < -0.39 is 30.1 Å². The molecule has 5 atom stereocenters. The van der Waals surface area contributed by atoms with Crippen molar-refractivity contribution in [3.63, 3.8) is 0 Å². The van der Waals surface area contributed by atoms with Crippen LogP contribution < -0.4 is 0 Å². The van der Waals surface area contributed by atoms with Gasteiger partial charge in [-0.05, 0) is 12.8 Å². The molecule has 20 heavy (non-hydrogen) atoms. The van der Waals surface area contributed by atoms with Gasteiger partial charge in [-0.1, -0.05) is 26.7 Å². The molecule has 0 aromatic rings. The summed E-state index contributed by atoms with van der Waals surface area (Å²) < 4.78 is 15.9. The number of esters is 1. The first-order chi connectivity index (χ1) is 9.51. The first-order valence-corrected chi connectivity index (χ1v) is 7.38. The maximum Gasteiger partial charge on any atom is 0.311 e. The topological polar surface area (TPSA) is 85.2 Å². The molecule has 0 aromatic carbocycles. The molecule has 0 spiro atoms. The third-order valence-corrected chi connectivity index (χ3v) is 4.06. The lowest BCUT2D eigenvalue weighted by Crippen LogP contribution is -2.48. The van der Waals surface area contributed by atoms with Gasteiger partial charge >= 0.3 is 5.97 Å². The zero-order chi connectivity index (χ0) is 14.8. The molecule has 0 aromatic heterocycles. The van der Waals surface area contributed by atoms with Gasteiger partial charge in [0.1, 0.15) is 18.8 Å². The normalized spacial score (nSPS) is 37.7. The van der Waals surface area contributed by atoms with Gasteiger partial charge in [-0.15, -0.1) is 0 Å². The minimum absolute atomic E-state index is 0.0856. The molecule has 2 heterocycles. The summed E-state index contributed by atoms with van der Waals surface area (Å²) in [6, 6.07) is 0. The van der Waals surface area contributed by atoms with Crippen molar-refractivity contribution in [2.45, 2.75) is 63.6 Å². The van der Waals surface area contributed by atoms with Gasteiger partial charge < -0.3 is 24.4 Å². The number of ether oxygens (including phenoxy) is 3. The Morgan fingerprint density at radius 2 is 2.20 bits per heavy atom. The summed E-state index contributed by atoms with van der Waals surface area (Å²) in [6.07, 6.45) is 1.18. The molecular weight excluding hydrogens is 264 g/mol. The van der Waals surface area contributed by atoms with Crippen LogP contribution in [0.2, 0.25) is 0 Å². The fraction of sp³-hybridized carbons (Fsp3) is 0.929. The highest BCUT2D eigenvalue weighted by Crippen LogP contribution is 2.35. The van der Waals surface area contributed by atoms with Gasteiger partial charge in [-0.3, -0.25) is 4.79 Å². The van der Waals surface area contributed by atoms with E-state index in [4.69, 9.17) is 14.2 Å². The molecule has 2 fully saturated rings. The van der Waals surface area contributed by atoms with Crippen molar-refractivity contribution in [3.8, 4) is 0 Å². The molecule has 2 rings (SSSR count). The predicted octanol–water partition coefficient (Wildman–Crippen LogP) is 0.593. The molecule has 2 N–H and O–H groups in total. The van der Waals surface area contributed by atoms with Crippen LogP contribution in [0.4, 0.5) is 0 Å². The van der Waals surface area contributed by atoms with Crippen LogP contribution in [0.1, 0.15) is 39.5 Å². The number of unbranched alkanes of at least 4 members (excludes halogenated alkanes) is 1. The first kappa shape index (κ1) is 15.7. The predicted molar refractivity (Wildman–Crippen MR) is 69.8 cm³/mol. The zero-order valence-electron chi connectivity index (χ0n) is 12.1. The van der Waals surface area contributed by atoms with Crippen molar-refractivity contribution in [1.29, 1.82) is 0 Å². The number of aliphatic hydroxyl groups is 2. The molecule has 1 unspecified atom stereocenters. The lowest BCUT2D eigenvalue weighted by molar-refractivity contribution is -0.241. The van der Waals surface area contributed by atoms with Crippen LogP contribution in [0.25, 0.3) is 0 Å². The average molecular weight is 288 g/mol. The largest absolute Gasteiger partial charge is 0.427 e. The van der Waals surface area contributed by atoms with Crippen molar-refractivity contribution in [3.05, 3.63) is 0 Å². The van der Waals surface area contributed by atoms with Crippen molar-refractivity contribution in [2.24, 2.45) is 5.92 Å². The maximum atomic E-state index is 12.2. The summed E-state index contributed by atoms with van der Waals surface area (Å²) in [7, 11) is 0. The summed E-state index contributed by atoms with van der Waals surface area (Å²) in [5.41, 5.74) is 0. The summed E-state index contributed by atoms with van der Waals surface area (Å²) in [4.78, 5) is 12.2. The Labute approximate surface area is 119 Å². The molecule has 0 amide bonds. The van der Waals surface area contributed by atoms with E-state index in [1.807, 2.05) is 6.92 Å². The summed E-state index contributed by atoms with van der Waals surface area (Å²) in [5.74, 6) is -2.42. The third kappa shape index (κ3) is 2.98. The fourth-order valence-corrected chi connectivity index (χ4v) is 2.76. The molecule has 0 saturated carbocycles. The van der Waals surface area contributed by atoms with Crippen LogP contribution in [-0.2, 0) is 19.0 Å². The second-order valence-corrected chi connectivity index (χ2v) is 5.61. The van der Waals surface area contributed by atoms with Gasteiger partial charge in [0, 0.05) is 0 Å². The number of carbonyl (C=O) groups excluding carboxylic acids is 1. The Kier molecular flexibility index (Phi) is 5.01. The molecule has 2 saturated heterocycles. The summed E-state index contributed by atoms with van der Waals surface area (Å²) in [5, 5.41) is 20.1. The first-order valence-electron chi connectivity index (χ1n) is 7.38. The third-order valence-electron chi connectivity index (χ3n) is 4.06. The van der Waals surface area contributed by atoms with Gasteiger partial charge in [-0.2, -0.15) is 0 Å². The van der Waals surface area contributed by atoms with E-state index in [0.29, 0.717) is 6.42 Å². The Bertz CT molecular complexity index is 347. The van der Waals surface area contributed by atoms with E-state index in [-0.39, 0.29) is 19.1 Å². The summed E-state index contributed by atoms with van der Waals surface area (Å²) >= 11 is 0. The second kappa shape index (κ2) is 6.39. The van der Waals surface area contributed by atoms with Gasteiger partial charge in [0.2, 0.25) is 0 Å². The highest BCUT2D eigenvalue weighted by Gasteiger charge is 2.58. The monoisotopic (exact) mass is 288 g/mol. The summed E-state index contributed by atoms with van der Waals surface area (Å²) in [6.45, 7) is 3.92. The standard InChI is InChI=1S/C14H24O6/c1-3-5-6-9(4-2)13(16)20-14(17)8-19-11-10(15)7-18-12(11)14/h9-12,15,17H,3-8H2,1-2H3/t9?,10-,11-,12+,14+/m1/s1. The van der Waals surface area contributed by atoms with E-state index >= 15 is 0 Å². The van der Waals surface area contributed by atoms with Gasteiger partial charge in [0.15, 0.2) is 6.10 Å². The van der Waals surface area contributed by atoms with Crippen molar-refractivity contribution >= 4 is 5.97 Å². The van der Waals surface area contributed by atoms with Crippen LogP contribution in [-0.4, -0.2) is 53.5 Å². The second-order valence-electron chi connectivity index (χ2n) is 5.61. The van der Waals surface area contributed by atoms with Crippen LogP contribution in [0.15, 0.2) is 0 Å². The molecule has 0 radical (unpaired) electrons. The van der Waals surface area contributed by atoms with Crippen LogP contribution >= 0.6 is 0 Å². The van der Waals surface area contributed by atoms with Crippen molar-refractivity contribution < 1.29 is 29.2 Å². The van der Waals surface area contributed by atoms with Crippen LogP contribution in [0, 0.1) is 5.92 Å². The Morgan fingerprint density at radius 3 is 2.85 bits per heavy atom. The van der Waals surface area contributed by atoms with E-state index in [1.54, 1.807) is 0 Å². The van der Waals surface area contributed by atoms with Crippen molar-refractivity contribution in [2.75, 3.05) is 13.2 Å². The van der Waals surface area contributed by atoms with E-state index in [9.17, 15) is 15.0 Å². The number of aliphatic hydroxyl groups excluding tert-OH is 1. The molecule has 6 nitrogen and oxygen atoms in total. The Balaban J connectivity index is 1.96. The molecule has 2 aliphatic heterocycles. The van der Waals surface area contributed by atoms with Crippen LogP contribution in [0.3, 0.4) is 0 Å². The average Bonchev–Trinajstić information content (AvgIpc) is 2.93. The number of fused-ring (bicyclic) bond motifs is 1. The quantitative estimate of drug-likeness (QED) is 0.550. The van der Waals surface area contributed by atoms with Gasteiger partial charge in [0.25, 0.3) is 5.79 Å². The SMILES string of the molecule is CCCCC(CC)C(=O)O[C@@]1(O)CO[C@@H]2[C@H](O)CO[C@@H]21. The highest BCUT2D eigenvalue weighted by atomic mass is 16.7. The molecular formula is C14H24O6. The lowest BCUT2D eigenvalue weighted by Gasteiger charge is -2.28.